The third kappa shape index (κ3) is 1.87. The van der Waals surface area contributed by atoms with Crippen molar-refractivity contribution in [3.63, 3.8) is 0 Å². The van der Waals surface area contributed by atoms with Crippen molar-refractivity contribution in [3.05, 3.63) is 42.0 Å². The van der Waals surface area contributed by atoms with Gasteiger partial charge in [-0.2, -0.15) is 0 Å². The van der Waals surface area contributed by atoms with E-state index in [2.05, 4.69) is 15.1 Å². The molecule has 86 valence electrons. The summed E-state index contributed by atoms with van der Waals surface area (Å²) in [5, 5.41) is 3.65. The van der Waals surface area contributed by atoms with Crippen LogP contribution in [0.3, 0.4) is 0 Å². The first-order valence-corrected chi connectivity index (χ1v) is 5.45. The molecule has 3 rings (SSSR count). The second-order valence-corrected chi connectivity index (χ2v) is 3.90. The minimum absolute atomic E-state index is 0.598. The highest BCUT2D eigenvalue weighted by Gasteiger charge is 2.07. The van der Waals surface area contributed by atoms with E-state index in [1.807, 2.05) is 24.3 Å². The molecule has 0 saturated carbocycles. The molecular weight excluding hydrogens is 216 g/mol. The number of aromatic nitrogens is 3. The van der Waals surface area contributed by atoms with Gasteiger partial charge in [0.15, 0.2) is 5.76 Å². The molecule has 0 atom stereocenters. The second-order valence-electron chi connectivity index (χ2n) is 3.90. The highest BCUT2D eigenvalue weighted by Crippen LogP contribution is 2.15. The fourth-order valence-corrected chi connectivity index (χ4v) is 1.82. The smallest absolute Gasteiger partial charge is 0.160 e. The number of nitrogens with one attached hydrogen (secondary N) is 1. The number of nitrogen functional groups attached to an aromatic ring is 1. The highest BCUT2D eigenvalue weighted by atomic mass is 16.5. The molecule has 5 nitrogen and oxygen atoms in total. The number of H-pyrrole nitrogens is 1. The summed E-state index contributed by atoms with van der Waals surface area (Å²) in [5.74, 6) is 1.65. The molecule has 0 fully saturated rings. The molecule has 0 amide bonds. The monoisotopic (exact) mass is 228 g/mol. The van der Waals surface area contributed by atoms with Crippen molar-refractivity contribution in [3.8, 4) is 0 Å². The lowest BCUT2D eigenvalue weighted by atomic mass is 10.2. The van der Waals surface area contributed by atoms with Gasteiger partial charge in [0.25, 0.3) is 0 Å². The number of para-hydroxylation sites is 2. The van der Waals surface area contributed by atoms with Crippen LogP contribution in [0.4, 0.5) is 5.69 Å². The van der Waals surface area contributed by atoms with Gasteiger partial charge in [0, 0.05) is 12.8 Å². The Morgan fingerprint density at radius 3 is 2.88 bits per heavy atom. The Balaban J connectivity index is 1.79. The van der Waals surface area contributed by atoms with Crippen LogP contribution in [0.2, 0.25) is 0 Å². The maximum absolute atomic E-state index is 5.69. The molecule has 0 aliphatic rings. The number of imidazole rings is 1. The van der Waals surface area contributed by atoms with Crippen molar-refractivity contribution in [2.75, 3.05) is 5.73 Å². The van der Waals surface area contributed by atoms with Crippen LogP contribution in [-0.2, 0) is 12.8 Å². The fourth-order valence-electron chi connectivity index (χ4n) is 1.82. The Morgan fingerprint density at radius 1 is 1.24 bits per heavy atom. The lowest BCUT2D eigenvalue weighted by Crippen LogP contribution is -1.95. The van der Waals surface area contributed by atoms with Crippen molar-refractivity contribution in [1.82, 2.24) is 15.1 Å². The van der Waals surface area contributed by atoms with E-state index in [9.17, 15) is 0 Å². The van der Waals surface area contributed by atoms with Crippen LogP contribution in [0.1, 0.15) is 11.6 Å². The first-order chi connectivity index (χ1) is 8.33. The van der Waals surface area contributed by atoms with Gasteiger partial charge in [-0.15, -0.1) is 0 Å². The number of benzene rings is 1. The van der Waals surface area contributed by atoms with E-state index in [-0.39, 0.29) is 0 Å². The van der Waals surface area contributed by atoms with E-state index in [4.69, 9.17) is 10.3 Å². The summed E-state index contributed by atoms with van der Waals surface area (Å²) in [6, 6.07) is 7.95. The molecule has 0 bridgehead atoms. The highest BCUT2D eigenvalue weighted by molar-refractivity contribution is 5.74. The van der Waals surface area contributed by atoms with Crippen LogP contribution in [-0.4, -0.2) is 15.1 Å². The molecule has 0 saturated heterocycles. The van der Waals surface area contributed by atoms with Gasteiger partial charge in [-0.05, 0) is 12.1 Å². The molecule has 3 N–H and O–H groups in total. The molecular formula is C12H12N4O. The average molecular weight is 228 g/mol. The number of nitrogens with two attached hydrogens (primary N) is 1. The summed E-state index contributed by atoms with van der Waals surface area (Å²) < 4.78 is 5.04. The topological polar surface area (TPSA) is 80.7 Å². The van der Waals surface area contributed by atoms with E-state index in [1.54, 1.807) is 0 Å². The molecule has 0 aliphatic heterocycles. The van der Waals surface area contributed by atoms with Gasteiger partial charge in [-0.3, -0.25) is 0 Å². The van der Waals surface area contributed by atoms with Gasteiger partial charge in [0.2, 0.25) is 0 Å². The molecule has 2 heterocycles. The molecule has 0 radical (unpaired) electrons. The number of nitrogens with zero attached hydrogens (tertiary/aromatic N) is 2. The second kappa shape index (κ2) is 3.93. The van der Waals surface area contributed by atoms with E-state index < -0.39 is 0 Å². The summed E-state index contributed by atoms with van der Waals surface area (Å²) in [5.41, 5.74) is 8.32. The molecule has 3 aromatic rings. The lowest BCUT2D eigenvalue weighted by molar-refractivity contribution is 0.383. The standard InChI is InChI=1S/C12H12N4O/c13-8-7-14-17-11(8)5-6-12-15-9-3-1-2-4-10(9)16-12/h1-4,7H,5-6,13H2,(H,15,16). The zero-order valence-electron chi connectivity index (χ0n) is 9.18. The summed E-state index contributed by atoms with van der Waals surface area (Å²) in [6.45, 7) is 0. The lowest BCUT2D eigenvalue weighted by Gasteiger charge is -1.94. The van der Waals surface area contributed by atoms with Crippen molar-refractivity contribution in [2.24, 2.45) is 0 Å². The number of rotatable bonds is 3. The quantitative estimate of drug-likeness (QED) is 0.717. The predicted molar refractivity (Wildman–Crippen MR) is 64.4 cm³/mol. The first kappa shape index (κ1) is 9.89. The predicted octanol–water partition coefficient (Wildman–Crippen LogP) is 1.92. The third-order valence-corrected chi connectivity index (χ3v) is 2.70. The Morgan fingerprint density at radius 2 is 2.12 bits per heavy atom. The third-order valence-electron chi connectivity index (χ3n) is 2.70. The largest absolute Gasteiger partial charge is 0.395 e. The first-order valence-electron chi connectivity index (χ1n) is 5.45. The summed E-state index contributed by atoms with van der Waals surface area (Å²) in [6.07, 6.45) is 2.98. The Kier molecular flexibility index (Phi) is 2.29. The van der Waals surface area contributed by atoms with Gasteiger partial charge < -0.3 is 15.2 Å². The minimum Gasteiger partial charge on any atom is -0.395 e. The molecule has 0 spiro atoms. The van der Waals surface area contributed by atoms with Crippen LogP contribution in [0.25, 0.3) is 11.0 Å². The Bertz CT molecular complexity index is 608. The maximum Gasteiger partial charge on any atom is 0.160 e. The molecule has 2 aromatic heterocycles. The summed E-state index contributed by atoms with van der Waals surface area (Å²) in [4.78, 5) is 7.75. The number of aryl methyl sites for hydroxylation is 2. The number of hydrogen-bond acceptors (Lipinski definition) is 4. The van der Waals surface area contributed by atoms with E-state index in [0.717, 1.165) is 23.3 Å². The summed E-state index contributed by atoms with van der Waals surface area (Å²) in [7, 11) is 0. The minimum atomic E-state index is 0.598. The van der Waals surface area contributed by atoms with Gasteiger partial charge >= 0.3 is 0 Å². The van der Waals surface area contributed by atoms with Crippen LogP contribution in [0.15, 0.2) is 35.0 Å². The Labute approximate surface area is 97.6 Å². The zero-order chi connectivity index (χ0) is 11.7. The maximum atomic E-state index is 5.69. The van der Waals surface area contributed by atoms with Crippen molar-refractivity contribution >= 4 is 16.7 Å². The number of fused-ring (bicyclic) bond motifs is 1. The molecule has 17 heavy (non-hydrogen) atoms. The SMILES string of the molecule is Nc1cnoc1CCc1nc2ccccc2[nH]1. The van der Waals surface area contributed by atoms with Crippen LogP contribution >= 0.6 is 0 Å². The van der Waals surface area contributed by atoms with Gasteiger partial charge in [0.1, 0.15) is 5.82 Å². The average Bonchev–Trinajstić information content (AvgIpc) is 2.92. The molecule has 1 aromatic carbocycles. The zero-order valence-corrected chi connectivity index (χ0v) is 9.18. The number of hydrogen-bond donors (Lipinski definition) is 2. The van der Waals surface area contributed by atoms with Crippen molar-refractivity contribution in [1.29, 1.82) is 0 Å². The number of aromatic amines is 1. The van der Waals surface area contributed by atoms with E-state index in [1.165, 1.54) is 6.20 Å². The van der Waals surface area contributed by atoms with Crippen molar-refractivity contribution in [2.45, 2.75) is 12.8 Å². The van der Waals surface area contributed by atoms with Crippen LogP contribution in [0, 0.1) is 0 Å². The van der Waals surface area contributed by atoms with Gasteiger partial charge in [0.05, 0.1) is 22.9 Å². The van der Waals surface area contributed by atoms with Gasteiger partial charge in [-0.25, -0.2) is 4.98 Å². The number of anilines is 1. The molecule has 0 unspecified atom stereocenters. The van der Waals surface area contributed by atoms with Gasteiger partial charge in [-0.1, -0.05) is 17.3 Å². The fraction of sp³-hybridized carbons (Fsp3) is 0.167. The molecule has 5 heteroatoms. The van der Waals surface area contributed by atoms with E-state index in [0.29, 0.717) is 17.9 Å². The summed E-state index contributed by atoms with van der Waals surface area (Å²) >= 11 is 0. The van der Waals surface area contributed by atoms with Crippen LogP contribution in [0.5, 0.6) is 0 Å². The molecule has 0 aliphatic carbocycles. The van der Waals surface area contributed by atoms with Crippen LogP contribution < -0.4 is 5.73 Å². The van der Waals surface area contributed by atoms with Crippen molar-refractivity contribution < 1.29 is 4.52 Å². The van der Waals surface area contributed by atoms with E-state index >= 15 is 0 Å². The normalized spacial score (nSPS) is 11.1. The Hall–Kier alpha value is -2.30.